The highest BCUT2D eigenvalue weighted by atomic mass is 32.2. The van der Waals surface area contributed by atoms with Crippen LogP contribution >= 0.6 is 34.4 Å². The highest BCUT2D eigenvalue weighted by Crippen LogP contribution is 2.40. The lowest BCUT2D eigenvalue weighted by atomic mass is 10.1. The molecule has 0 fully saturated rings. The van der Waals surface area contributed by atoms with Crippen molar-refractivity contribution in [3.63, 3.8) is 0 Å². The van der Waals surface area contributed by atoms with Gasteiger partial charge in [0.1, 0.15) is 10.9 Å². The van der Waals surface area contributed by atoms with Gasteiger partial charge >= 0.3 is 0 Å². The molecule has 1 unspecified atom stereocenters. The minimum Gasteiger partial charge on any atom is -0.493 e. The summed E-state index contributed by atoms with van der Waals surface area (Å²) in [5.74, 6) is -0.130. The van der Waals surface area contributed by atoms with Crippen molar-refractivity contribution in [3.05, 3.63) is 142 Å². The van der Waals surface area contributed by atoms with Gasteiger partial charge in [-0.1, -0.05) is 60.7 Å². The van der Waals surface area contributed by atoms with Crippen LogP contribution in [0.5, 0.6) is 17.2 Å². The topological polar surface area (TPSA) is 128 Å². The number of carbonyl (C=O) groups is 3. The molecule has 6 rings (SSSR count). The van der Waals surface area contributed by atoms with Crippen LogP contribution in [-0.4, -0.2) is 44.0 Å². The van der Waals surface area contributed by atoms with E-state index in [4.69, 9.17) is 14.2 Å². The van der Waals surface area contributed by atoms with Crippen LogP contribution in [0, 0.1) is 0 Å². The molecule has 53 heavy (non-hydrogen) atoms. The maximum absolute atomic E-state index is 13.9. The number of thioether (sulfide) groups is 1. The fourth-order valence-corrected chi connectivity index (χ4v) is 7.77. The standard InChI is InChI=1S/C40H34N4O6S3/c1-48-32-21-25(22-33(49-2)35(32)50-3)20-30(42-37(45)27-14-8-5-9-15-27)38(46)41-28-16-10-17-29(23-28)53-36(26-12-6-4-7-13-26)39(47)44-40-43-31(24-52-40)34-18-11-19-51-34/h4-24,36H,1-3H3,(H,41,46)(H,42,45)(H,43,44,47)/b30-20+. The predicted octanol–water partition coefficient (Wildman–Crippen LogP) is 8.78. The number of methoxy groups -OCH3 is 3. The van der Waals surface area contributed by atoms with Crippen molar-refractivity contribution in [3.8, 4) is 27.8 Å². The van der Waals surface area contributed by atoms with E-state index in [2.05, 4.69) is 20.9 Å². The zero-order valence-electron chi connectivity index (χ0n) is 28.8. The van der Waals surface area contributed by atoms with E-state index < -0.39 is 17.1 Å². The largest absolute Gasteiger partial charge is 0.493 e. The summed E-state index contributed by atoms with van der Waals surface area (Å²) in [6, 6.07) is 32.5. The first-order valence-corrected chi connectivity index (χ1v) is 18.8. The van der Waals surface area contributed by atoms with Gasteiger partial charge < -0.3 is 30.2 Å². The van der Waals surface area contributed by atoms with Crippen LogP contribution in [0.25, 0.3) is 16.6 Å². The van der Waals surface area contributed by atoms with Crippen molar-refractivity contribution >= 4 is 69.1 Å². The number of ether oxygens (including phenoxy) is 3. The molecule has 0 aliphatic rings. The number of hydrogen-bond donors (Lipinski definition) is 3. The minimum atomic E-state index is -0.628. The molecule has 0 saturated carbocycles. The molecular formula is C40H34N4O6S3. The van der Waals surface area contributed by atoms with Crippen molar-refractivity contribution in [1.82, 2.24) is 10.3 Å². The summed E-state index contributed by atoms with van der Waals surface area (Å²) in [6.07, 6.45) is 1.53. The Morgan fingerprint density at radius 2 is 1.49 bits per heavy atom. The van der Waals surface area contributed by atoms with Gasteiger partial charge in [0.2, 0.25) is 11.7 Å². The molecule has 0 radical (unpaired) electrons. The molecule has 2 heterocycles. The van der Waals surface area contributed by atoms with Gasteiger partial charge in [-0.25, -0.2) is 4.98 Å². The Morgan fingerprint density at radius 1 is 0.774 bits per heavy atom. The average Bonchev–Trinajstić information content (AvgIpc) is 3.90. The number of nitrogens with zero attached hydrogens (tertiary/aromatic N) is 1. The number of benzene rings is 4. The van der Waals surface area contributed by atoms with E-state index in [9.17, 15) is 14.4 Å². The molecule has 268 valence electrons. The molecule has 0 bridgehead atoms. The average molecular weight is 763 g/mol. The molecule has 4 aromatic carbocycles. The maximum atomic E-state index is 13.9. The molecule has 0 aliphatic carbocycles. The molecule has 3 N–H and O–H groups in total. The van der Waals surface area contributed by atoms with Crippen LogP contribution in [0.4, 0.5) is 10.8 Å². The van der Waals surface area contributed by atoms with Crippen molar-refractivity contribution in [1.29, 1.82) is 0 Å². The van der Waals surface area contributed by atoms with Gasteiger partial charge in [0.15, 0.2) is 16.6 Å². The number of nitrogens with one attached hydrogen (secondary N) is 3. The van der Waals surface area contributed by atoms with Crippen molar-refractivity contribution in [2.75, 3.05) is 32.0 Å². The molecule has 0 saturated heterocycles. The number of rotatable bonds is 14. The Labute approximate surface area is 318 Å². The van der Waals surface area contributed by atoms with Gasteiger partial charge in [-0.2, -0.15) is 0 Å². The minimum absolute atomic E-state index is 0.0295. The van der Waals surface area contributed by atoms with Gasteiger partial charge in [0, 0.05) is 21.5 Å². The van der Waals surface area contributed by atoms with Crippen LogP contribution in [0.2, 0.25) is 0 Å². The van der Waals surface area contributed by atoms with Crippen molar-refractivity contribution in [2.24, 2.45) is 0 Å². The monoisotopic (exact) mass is 762 g/mol. The lowest BCUT2D eigenvalue weighted by molar-refractivity contribution is -0.116. The van der Waals surface area contributed by atoms with E-state index in [-0.39, 0.29) is 11.6 Å². The SMILES string of the molecule is COc1cc(/C=C(/NC(=O)c2ccccc2)C(=O)Nc2cccc(SC(C(=O)Nc3nc(-c4cccs4)cs3)c3ccccc3)c2)cc(OC)c1OC. The first-order chi connectivity index (χ1) is 25.8. The molecule has 0 aliphatic heterocycles. The van der Waals surface area contributed by atoms with Gasteiger partial charge in [-0.3, -0.25) is 14.4 Å². The molecule has 3 amide bonds. The van der Waals surface area contributed by atoms with Crippen LogP contribution < -0.4 is 30.2 Å². The number of aromatic nitrogens is 1. The summed E-state index contributed by atoms with van der Waals surface area (Å²) in [4.78, 5) is 47.3. The van der Waals surface area contributed by atoms with Gasteiger partial charge in [-0.15, -0.1) is 34.4 Å². The van der Waals surface area contributed by atoms with Crippen LogP contribution in [-0.2, 0) is 9.59 Å². The van der Waals surface area contributed by atoms with Gasteiger partial charge in [0.25, 0.3) is 11.8 Å². The van der Waals surface area contributed by atoms with Gasteiger partial charge in [-0.05, 0) is 71.1 Å². The Morgan fingerprint density at radius 3 is 2.15 bits per heavy atom. The summed E-state index contributed by atoms with van der Waals surface area (Å²) in [6.45, 7) is 0. The molecular weight excluding hydrogens is 729 g/mol. The molecule has 6 aromatic rings. The molecule has 1 atom stereocenters. The Kier molecular flexibility index (Phi) is 12.2. The number of thiophene rings is 1. The van der Waals surface area contributed by atoms with E-state index in [1.165, 1.54) is 50.5 Å². The summed E-state index contributed by atoms with van der Waals surface area (Å²) in [7, 11) is 4.49. The fourth-order valence-electron chi connectivity index (χ4n) is 5.22. The summed E-state index contributed by atoms with van der Waals surface area (Å²) in [5, 5.41) is 12.4. The third-order valence-corrected chi connectivity index (χ3v) is 10.6. The summed E-state index contributed by atoms with van der Waals surface area (Å²) < 4.78 is 16.4. The third-order valence-electron chi connectivity index (χ3n) is 7.72. The van der Waals surface area contributed by atoms with Crippen LogP contribution in [0.15, 0.2) is 131 Å². The molecule has 2 aromatic heterocycles. The highest BCUT2D eigenvalue weighted by Gasteiger charge is 2.24. The van der Waals surface area contributed by atoms with Crippen LogP contribution in [0.3, 0.4) is 0 Å². The van der Waals surface area contributed by atoms with Crippen molar-refractivity contribution in [2.45, 2.75) is 10.1 Å². The summed E-state index contributed by atoms with van der Waals surface area (Å²) in [5.41, 5.74) is 2.93. The van der Waals surface area contributed by atoms with E-state index in [1.54, 1.807) is 72.0 Å². The second kappa shape index (κ2) is 17.6. The molecule has 0 spiro atoms. The Bertz CT molecular complexity index is 2200. The van der Waals surface area contributed by atoms with Crippen LogP contribution in [0.1, 0.15) is 26.7 Å². The lowest BCUT2D eigenvalue weighted by Crippen LogP contribution is -2.30. The zero-order chi connectivity index (χ0) is 37.2. The predicted molar refractivity (Wildman–Crippen MR) is 212 cm³/mol. The highest BCUT2D eigenvalue weighted by molar-refractivity contribution is 8.00. The second-order valence-corrected chi connectivity index (χ2v) is 14.2. The lowest BCUT2D eigenvalue weighted by Gasteiger charge is -2.17. The molecule has 10 nitrogen and oxygen atoms in total. The van der Waals surface area contributed by atoms with E-state index in [1.807, 2.05) is 59.3 Å². The number of thiazole rings is 1. The number of carbonyl (C=O) groups excluding carboxylic acids is 3. The fraction of sp³-hybridized carbons (Fsp3) is 0.100. The quantitative estimate of drug-likeness (QED) is 0.0743. The maximum Gasteiger partial charge on any atom is 0.272 e. The van der Waals surface area contributed by atoms with Crippen molar-refractivity contribution < 1.29 is 28.6 Å². The zero-order valence-corrected chi connectivity index (χ0v) is 31.3. The normalized spacial score (nSPS) is 11.6. The first-order valence-electron chi connectivity index (χ1n) is 16.2. The van der Waals surface area contributed by atoms with Gasteiger partial charge in [0.05, 0.1) is 31.9 Å². The van der Waals surface area contributed by atoms with E-state index in [0.717, 1.165) is 21.0 Å². The third kappa shape index (κ3) is 9.32. The van der Waals surface area contributed by atoms with E-state index in [0.29, 0.717) is 39.2 Å². The summed E-state index contributed by atoms with van der Waals surface area (Å²) >= 11 is 4.29. The number of amides is 3. The number of hydrogen-bond acceptors (Lipinski definition) is 10. The number of anilines is 2. The smallest absolute Gasteiger partial charge is 0.272 e. The molecule has 13 heteroatoms. The van der Waals surface area contributed by atoms with E-state index >= 15 is 0 Å². The second-order valence-electron chi connectivity index (χ2n) is 11.2. The first kappa shape index (κ1) is 36.9. The Hall–Kier alpha value is -5.89. The Balaban J connectivity index is 1.25.